The highest BCUT2D eigenvalue weighted by atomic mass is 35.5. The topological polar surface area (TPSA) is 51.1 Å². The third-order valence-electron chi connectivity index (χ3n) is 3.75. The van der Waals surface area contributed by atoms with Gasteiger partial charge in [0, 0.05) is 29.1 Å². The maximum absolute atomic E-state index is 12.4. The molecule has 1 aromatic heterocycles. The summed E-state index contributed by atoms with van der Waals surface area (Å²) in [6.45, 7) is 1.82. The van der Waals surface area contributed by atoms with Crippen molar-refractivity contribution in [1.29, 1.82) is 0 Å². The first kappa shape index (κ1) is 16.8. The Bertz CT molecular complexity index is 903. The quantitative estimate of drug-likeness (QED) is 0.742. The summed E-state index contributed by atoms with van der Waals surface area (Å²) in [5, 5.41) is 0.502. The highest BCUT2D eigenvalue weighted by Crippen LogP contribution is 2.20. The largest absolute Gasteiger partial charge is 0.324 e. The van der Waals surface area contributed by atoms with E-state index in [1.165, 1.54) is 12.1 Å². The molecular formula is C18H17ClN2O2S. The third-order valence-corrected chi connectivity index (χ3v) is 5.56. The number of hydrogen-bond donors (Lipinski definition) is 1. The molecule has 0 aliphatic heterocycles. The van der Waals surface area contributed by atoms with Crippen molar-refractivity contribution < 1.29 is 8.42 Å². The molecule has 3 aromatic rings. The number of benzene rings is 2. The number of nitrogens with zero attached hydrogens (tertiary/aromatic N) is 1. The van der Waals surface area contributed by atoms with Gasteiger partial charge in [0.1, 0.15) is 0 Å². The Hall–Kier alpha value is -2.08. The van der Waals surface area contributed by atoms with E-state index in [1.54, 1.807) is 12.1 Å². The molecule has 2 aromatic carbocycles. The first-order valence-corrected chi connectivity index (χ1v) is 9.33. The lowest BCUT2D eigenvalue weighted by Crippen LogP contribution is -2.26. The zero-order chi connectivity index (χ0) is 17.2. The molecule has 1 N–H and O–H groups in total. The molecule has 4 nitrogen and oxygen atoms in total. The van der Waals surface area contributed by atoms with Gasteiger partial charge in [0.25, 0.3) is 0 Å². The normalized spacial score (nSPS) is 12.9. The van der Waals surface area contributed by atoms with Crippen LogP contribution in [0.2, 0.25) is 5.02 Å². The van der Waals surface area contributed by atoms with Crippen molar-refractivity contribution in [3.63, 3.8) is 0 Å². The molecule has 0 radical (unpaired) electrons. The van der Waals surface area contributed by atoms with Crippen LogP contribution in [0.3, 0.4) is 0 Å². The van der Waals surface area contributed by atoms with Crippen molar-refractivity contribution in [1.82, 2.24) is 9.29 Å². The van der Waals surface area contributed by atoms with Gasteiger partial charge in [0.15, 0.2) is 0 Å². The van der Waals surface area contributed by atoms with E-state index in [2.05, 4.69) is 4.72 Å². The van der Waals surface area contributed by atoms with Gasteiger partial charge in [-0.05, 0) is 61.0 Å². The summed E-state index contributed by atoms with van der Waals surface area (Å²) in [6, 6.07) is 17.4. The maximum Gasteiger partial charge on any atom is 0.241 e. The zero-order valence-corrected chi connectivity index (χ0v) is 14.6. The van der Waals surface area contributed by atoms with Crippen molar-refractivity contribution >= 4 is 21.6 Å². The molecule has 0 saturated carbocycles. The van der Waals surface area contributed by atoms with Gasteiger partial charge in [-0.1, -0.05) is 23.7 Å². The molecule has 1 atom stereocenters. The second-order valence-corrected chi connectivity index (χ2v) is 7.63. The van der Waals surface area contributed by atoms with E-state index < -0.39 is 10.0 Å². The Kier molecular flexibility index (Phi) is 4.76. The van der Waals surface area contributed by atoms with E-state index in [0.29, 0.717) is 5.02 Å². The van der Waals surface area contributed by atoms with E-state index in [9.17, 15) is 8.42 Å². The van der Waals surface area contributed by atoms with Crippen LogP contribution < -0.4 is 4.72 Å². The Morgan fingerprint density at radius 2 is 1.54 bits per heavy atom. The van der Waals surface area contributed by atoms with Crippen molar-refractivity contribution in [3.05, 3.63) is 83.6 Å². The van der Waals surface area contributed by atoms with Gasteiger partial charge >= 0.3 is 0 Å². The minimum absolute atomic E-state index is 0.197. The third kappa shape index (κ3) is 3.70. The standard InChI is InChI=1S/C18H17ClN2O2S/c1-14(20-24(22,23)18-10-6-16(19)7-11-18)15-4-8-17(9-5-15)21-12-2-3-13-21/h2-14,20H,1H3/t14-/m0/s1. The van der Waals surface area contributed by atoms with Gasteiger partial charge in [-0.15, -0.1) is 0 Å². The molecule has 0 aliphatic rings. The molecule has 0 bridgehead atoms. The molecule has 1 heterocycles. The SMILES string of the molecule is C[C@H](NS(=O)(=O)c1ccc(Cl)cc1)c1ccc(-n2cccc2)cc1. The average molecular weight is 361 g/mol. The van der Waals surface area contributed by atoms with Gasteiger partial charge in [0.2, 0.25) is 10.0 Å². The van der Waals surface area contributed by atoms with E-state index in [4.69, 9.17) is 11.6 Å². The minimum Gasteiger partial charge on any atom is -0.324 e. The highest BCUT2D eigenvalue weighted by Gasteiger charge is 2.18. The summed E-state index contributed by atoms with van der Waals surface area (Å²) >= 11 is 5.80. The summed E-state index contributed by atoms with van der Waals surface area (Å²) in [6.07, 6.45) is 3.92. The van der Waals surface area contributed by atoms with Crippen molar-refractivity contribution in [2.75, 3.05) is 0 Å². The highest BCUT2D eigenvalue weighted by molar-refractivity contribution is 7.89. The van der Waals surface area contributed by atoms with Gasteiger partial charge in [-0.2, -0.15) is 0 Å². The van der Waals surface area contributed by atoms with Gasteiger partial charge in [0.05, 0.1) is 4.90 Å². The molecule has 3 rings (SSSR count). The molecule has 0 saturated heterocycles. The molecule has 0 amide bonds. The van der Waals surface area contributed by atoms with E-state index in [0.717, 1.165) is 11.3 Å². The van der Waals surface area contributed by atoms with E-state index in [-0.39, 0.29) is 10.9 Å². The number of nitrogens with one attached hydrogen (secondary N) is 1. The van der Waals surface area contributed by atoms with Crippen molar-refractivity contribution in [2.45, 2.75) is 17.9 Å². The van der Waals surface area contributed by atoms with E-state index >= 15 is 0 Å². The van der Waals surface area contributed by atoms with Crippen LogP contribution in [0.4, 0.5) is 0 Å². The fourth-order valence-corrected chi connectivity index (χ4v) is 3.78. The monoisotopic (exact) mass is 360 g/mol. The predicted molar refractivity (Wildman–Crippen MR) is 96.0 cm³/mol. The van der Waals surface area contributed by atoms with Crippen molar-refractivity contribution in [2.24, 2.45) is 0 Å². The number of halogens is 1. The summed E-state index contributed by atoms with van der Waals surface area (Å²) in [4.78, 5) is 0.197. The Labute approximate surface area is 146 Å². The van der Waals surface area contributed by atoms with Crippen LogP contribution in [-0.4, -0.2) is 13.0 Å². The van der Waals surface area contributed by atoms with Crippen LogP contribution in [0, 0.1) is 0 Å². The lowest BCUT2D eigenvalue weighted by molar-refractivity contribution is 0.567. The van der Waals surface area contributed by atoms with Crippen LogP contribution in [-0.2, 0) is 10.0 Å². The molecule has 0 spiro atoms. The van der Waals surface area contributed by atoms with Gasteiger partial charge < -0.3 is 4.57 Å². The Balaban J connectivity index is 1.76. The summed E-state index contributed by atoms with van der Waals surface area (Å²) in [5.74, 6) is 0. The van der Waals surface area contributed by atoms with Crippen LogP contribution in [0.15, 0.2) is 78.0 Å². The predicted octanol–water partition coefficient (Wildman–Crippen LogP) is 4.17. The van der Waals surface area contributed by atoms with Crippen molar-refractivity contribution in [3.8, 4) is 5.69 Å². The molecule has 0 fully saturated rings. The first-order valence-electron chi connectivity index (χ1n) is 7.47. The second kappa shape index (κ2) is 6.81. The lowest BCUT2D eigenvalue weighted by Gasteiger charge is -2.15. The fourth-order valence-electron chi connectivity index (χ4n) is 2.42. The minimum atomic E-state index is -3.59. The molecule has 0 unspecified atom stereocenters. The fraction of sp³-hybridized carbons (Fsp3) is 0.111. The van der Waals surface area contributed by atoms with E-state index in [1.807, 2.05) is 60.3 Å². The summed E-state index contributed by atoms with van der Waals surface area (Å²) in [7, 11) is -3.59. The Morgan fingerprint density at radius 3 is 2.12 bits per heavy atom. The second-order valence-electron chi connectivity index (χ2n) is 5.48. The number of hydrogen-bond acceptors (Lipinski definition) is 2. The molecule has 6 heteroatoms. The molecule has 124 valence electrons. The Morgan fingerprint density at radius 1 is 0.958 bits per heavy atom. The number of rotatable bonds is 5. The molecule has 0 aliphatic carbocycles. The number of aromatic nitrogens is 1. The smallest absolute Gasteiger partial charge is 0.241 e. The van der Waals surface area contributed by atoms with Crippen LogP contribution >= 0.6 is 11.6 Å². The summed E-state index contributed by atoms with van der Waals surface area (Å²) in [5.41, 5.74) is 1.92. The molecule has 24 heavy (non-hydrogen) atoms. The van der Waals surface area contributed by atoms with Gasteiger partial charge in [-0.25, -0.2) is 13.1 Å². The first-order chi connectivity index (χ1) is 11.5. The average Bonchev–Trinajstić information content (AvgIpc) is 3.09. The maximum atomic E-state index is 12.4. The van der Waals surface area contributed by atoms with Crippen LogP contribution in [0.25, 0.3) is 5.69 Å². The molecular weight excluding hydrogens is 344 g/mol. The van der Waals surface area contributed by atoms with Crippen LogP contribution in [0.5, 0.6) is 0 Å². The summed E-state index contributed by atoms with van der Waals surface area (Å²) < 4.78 is 29.5. The lowest BCUT2D eigenvalue weighted by atomic mass is 10.1. The zero-order valence-electron chi connectivity index (χ0n) is 13.1. The van der Waals surface area contributed by atoms with Gasteiger partial charge in [-0.3, -0.25) is 0 Å². The number of sulfonamides is 1. The van der Waals surface area contributed by atoms with Crippen LogP contribution in [0.1, 0.15) is 18.5 Å².